The minimum atomic E-state index is -0.643. The zero-order valence-electron chi connectivity index (χ0n) is 18.6. The molecule has 170 valence electrons. The summed E-state index contributed by atoms with van der Waals surface area (Å²) in [5, 5.41) is 0. The number of anilines is 2. The van der Waals surface area contributed by atoms with Gasteiger partial charge in [0.25, 0.3) is 5.56 Å². The van der Waals surface area contributed by atoms with Crippen molar-refractivity contribution in [1.82, 2.24) is 9.55 Å². The lowest BCUT2D eigenvalue weighted by atomic mass is 10.2. The normalized spacial score (nSPS) is 11.0. The molecule has 0 aliphatic heterocycles. The number of aromatic nitrogens is 2. The maximum absolute atomic E-state index is 13.1. The van der Waals surface area contributed by atoms with Gasteiger partial charge in [-0.15, -0.1) is 11.8 Å². The predicted molar refractivity (Wildman–Crippen MR) is 126 cm³/mol. The Balaban J connectivity index is 2.29. The Bertz CT molecular complexity index is 982. The number of ether oxygens (including phenoxy) is 1. The van der Waals surface area contributed by atoms with E-state index in [1.807, 2.05) is 52.0 Å². The first-order chi connectivity index (χ1) is 14.8. The van der Waals surface area contributed by atoms with Crippen LogP contribution in [-0.4, -0.2) is 34.4 Å². The minimum absolute atomic E-state index is 0.0299. The molecule has 0 unspecified atom stereocenters. The smallest absolute Gasteiger partial charge is 0.330 e. The molecule has 1 aromatic carbocycles. The zero-order chi connectivity index (χ0) is 23.0. The van der Waals surface area contributed by atoms with Crippen LogP contribution in [0.2, 0.25) is 0 Å². The monoisotopic (exact) mass is 448 g/mol. The number of nitrogens with two attached hydrogens (primary N) is 1. The maximum atomic E-state index is 13.1. The van der Waals surface area contributed by atoms with Crippen LogP contribution in [0.25, 0.3) is 0 Å². The zero-order valence-corrected chi connectivity index (χ0v) is 19.5. The Morgan fingerprint density at radius 2 is 1.90 bits per heavy atom. The van der Waals surface area contributed by atoms with Crippen molar-refractivity contribution in [2.24, 2.45) is 5.92 Å². The second-order valence-corrected chi connectivity index (χ2v) is 8.64. The molecule has 2 aromatic rings. The van der Waals surface area contributed by atoms with Crippen molar-refractivity contribution in [1.29, 1.82) is 0 Å². The number of aromatic amines is 1. The third kappa shape index (κ3) is 6.65. The van der Waals surface area contributed by atoms with Crippen molar-refractivity contribution >= 4 is 29.2 Å². The number of hydrogen-bond donors (Lipinski definition) is 2. The van der Waals surface area contributed by atoms with E-state index in [1.165, 1.54) is 21.2 Å². The van der Waals surface area contributed by atoms with E-state index >= 15 is 0 Å². The molecular weight excluding hydrogens is 416 g/mol. The molecule has 1 aromatic heterocycles. The number of benzene rings is 1. The fourth-order valence-corrected chi connectivity index (χ4v) is 3.86. The van der Waals surface area contributed by atoms with E-state index in [-0.39, 0.29) is 29.1 Å². The highest BCUT2D eigenvalue weighted by atomic mass is 32.2. The highest BCUT2D eigenvalue weighted by Crippen LogP contribution is 2.24. The van der Waals surface area contributed by atoms with Crippen LogP contribution in [0.5, 0.6) is 5.75 Å². The number of nitrogens with zero attached hydrogens (tertiary/aromatic N) is 2. The first kappa shape index (κ1) is 24.6. The molecule has 31 heavy (non-hydrogen) atoms. The molecule has 1 heterocycles. The molecular formula is C22H32N4O4S. The van der Waals surface area contributed by atoms with Gasteiger partial charge in [-0.05, 0) is 43.5 Å². The summed E-state index contributed by atoms with van der Waals surface area (Å²) >= 11 is 1.37. The molecule has 0 saturated carbocycles. The van der Waals surface area contributed by atoms with Gasteiger partial charge in [-0.3, -0.25) is 19.1 Å². The van der Waals surface area contributed by atoms with Gasteiger partial charge in [-0.2, -0.15) is 0 Å². The summed E-state index contributed by atoms with van der Waals surface area (Å²) in [7, 11) is 0. The largest absolute Gasteiger partial charge is 0.494 e. The number of rotatable bonds is 11. The summed E-state index contributed by atoms with van der Waals surface area (Å²) in [6.07, 6.45) is 1.61. The van der Waals surface area contributed by atoms with Crippen molar-refractivity contribution in [2.45, 2.75) is 52.0 Å². The lowest BCUT2D eigenvalue weighted by Gasteiger charge is -2.26. The highest BCUT2D eigenvalue weighted by Gasteiger charge is 2.25. The van der Waals surface area contributed by atoms with Crippen molar-refractivity contribution in [3.63, 3.8) is 0 Å². The quantitative estimate of drug-likeness (QED) is 0.511. The second kappa shape index (κ2) is 11.6. The number of unbranched alkanes of at least 4 members (excludes halogenated alkanes) is 1. The van der Waals surface area contributed by atoms with Crippen molar-refractivity contribution in [2.75, 3.05) is 29.5 Å². The molecule has 0 radical (unpaired) electrons. The molecule has 8 nitrogen and oxygen atoms in total. The van der Waals surface area contributed by atoms with Crippen molar-refractivity contribution in [3.05, 3.63) is 45.1 Å². The number of carbonyl (C=O) groups is 1. The Morgan fingerprint density at radius 1 is 1.23 bits per heavy atom. The van der Waals surface area contributed by atoms with Crippen LogP contribution in [0.3, 0.4) is 0 Å². The predicted octanol–water partition coefficient (Wildman–Crippen LogP) is 3.10. The van der Waals surface area contributed by atoms with E-state index in [9.17, 15) is 14.4 Å². The van der Waals surface area contributed by atoms with Crippen LogP contribution in [0.4, 0.5) is 11.5 Å². The number of amides is 1. The van der Waals surface area contributed by atoms with Gasteiger partial charge in [0.05, 0.1) is 12.4 Å². The Morgan fingerprint density at radius 3 is 2.48 bits per heavy atom. The molecule has 0 aliphatic carbocycles. The number of carbonyl (C=O) groups excluding carboxylic acids is 1. The number of hydrogen-bond acceptors (Lipinski definition) is 6. The lowest BCUT2D eigenvalue weighted by molar-refractivity contribution is -0.116. The third-order valence-electron chi connectivity index (χ3n) is 4.57. The molecule has 0 fully saturated rings. The fourth-order valence-electron chi connectivity index (χ4n) is 3.08. The Kier molecular flexibility index (Phi) is 9.23. The molecule has 3 N–H and O–H groups in total. The van der Waals surface area contributed by atoms with Crippen LogP contribution < -0.4 is 26.6 Å². The summed E-state index contributed by atoms with van der Waals surface area (Å²) in [6, 6.07) is 7.49. The first-order valence-electron chi connectivity index (χ1n) is 10.6. The maximum Gasteiger partial charge on any atom is 0.330 e. The molecule has 0 aliphatic rings. The molecule has 1 amide bonds. The van der Waals surface area contributed by atoms with Crippen LogP contribution in [0, 0.1) is 5.92 Å². The van der Waals surface area contributed by atoms with E-state index in [4.69, 9.17) is 10.5 Å². The van der Waals surface area contributed by atoms with Gasteiger partial charge in [-0.25, -0.2) is 4.79 Å². The second-order valence-electron chi connectivity index (χ2n) is 7.59. The van der Waals surface area contributed by atoms with Crippen LogP contribution in [0.1, 0.15) is 40.5 Å². The van der Waals surface area contributed by atoms with Gasteiger partial charge < -0.3 is 15.4 Å². The van der Waals surface area contributed by atoms with E-state index in [0.29, 0.717) is 19.7 Å². The number of thioether (sulfide) groups is 1. The molecule has 0 atom stereocenters. The van der Waals surface area contributed by atoms with Gasteiger partial charge in [0, 0.05) is 18.0 Å². The molecule has 0 bridgehead atoms. The fraction of sp³-hybridized carbons (Fsp3) is 0.500. The van der Waals surface area contributed by atoms with Crippen molar-refractivity contribution < 1.29 is 9.53 Å². The van der Waals surface area contributed by atoms with Gasteiger partial charge in [0.15, 0.2) is 5.69 Å². The minimum Gasteiger partial charge on any atom is -0.494 e. The van der Waals surface area contributed by atoms with Crippen LogP contribution >= 0.6 is 11.8 Å². The first-order valence-corrected chi connectivity index (χ1v) is 11.6. The summed E-state index contributed by atoms with van der Waals surface area (Å²) in [5.41, 5.74) is 5.07. The summed E-state index contributed by atoms with van der Waals surface area (Å²) in [5.74, 6) is 0.795. The van der Waals surface area contributed by atoms with Gasteiger partial charge >= 0.3 is 5.69 Å². The van der Waals surface area contributed by atoms with Gasteiger partial charge in [0.1, 0.15) is 11.6 Å². The highest BCUT2D eigenvalue weighted by molar-refractivity contribution is 8.00. The number of nitrogen functional groups attached to an aromatic ring is 1. The van der Waals surface area contributed by atoms with Crippen molar-refractivity contribution in [3.8, 4) is 5.75 Å². The Labute approximate surface area is 186 Å². The van der Waals surface area contributed by atoms with Crippen LogP contribution in [-0.2, 0) is 11.3 Å². The van der Waals surface area contributed by atoms with Gasteiger partial charge in [0.2, 0.25) is 5.91 Å². The summed E-state index contributed by atoms with van der Waals surface area (Å²) in [6.45, 7) is 9.13. The molecule has 0 spiro atoms. The molecule has 2 rings (SSSR count). The topological polar surface area (TPSA) is 110 Å². The van der Waals surface area contributed by atoms with E-state index in [2.05, 4.69) is 4.98 Å². The standard InChI is InChI=1S/C22H32N4O4S/c1-5-7-12-25-20(23)19(21(28)24-22(25)29)26(13-15(3)4)18(27)14-31-17-10-8-16(9-11-17)30-6-2/h8-11,15H,5-7,12-14,23H2,1-4H3,(H,24,28,29). The number of H-pyrrole nitrogens is 1. The Hall–Kier alpha value is -2.68. The SMILES string of the molecule is CCCCn1c(N)c(N(CC(C)C)C(=O)CSc2ccc(OCC)cc2)c(=O)[nH]c1=O. The lowest BCUT2D eigenvalue weighted by Crippen LogP contribution is -2.43. The van der Waals surface area contributed by atoms with Crippen LogP contribution in [0.15, 0.2) is 38.8 Å². The average molecular weight is 449 g/mol. The van der Waals surface area contributed by atoms with Gasteiger partial charge in [-0.1, -0.05) is 27.2 Å². The van der Waals surface area contributed by atoms with E-state index < -0.39 is 11.2 Å². The molecule has 0 saturated heterocycles. The third-order valence-corrected chi connectivity index (χ3v) is 5.56. The summed E-state index contributed by atoms with van der Waals surface area (Å²) < 4.78 is 6.77. The van der Waals surface area contributed by atoms with E-state index in [1.54, 1.807) is 0 Å². The number of nitrogens with one attached hydrogen (secondary N) is 1. The average Bonchev–Trinajstić information content (AvgIpc) is 2.72. The summed E-state index contributed by atoms with van der Waals surface area (Å²) in [4.78, 5) is 42.6. The van der Waals surface area contributed by atoms with E-state index in [0.717, 1.165) is 23.5 Å². The molecule has 9 heteroatoms.